The van der Waals surface area contributed by atoms with Crippen LogP contribution in [0.4, 0.5) is 4.79 Å². The van der Waals surface area contributed by atoms with Gasteiger partial charge in [0.2, 0.25) is 0 Å². The van der Waals surface area contributed by atoms with Gasteiger partial charge in [-0.05, 0) is 44.4 Å². The quantitative estimate of drug-likeness (QED) is 0.551. The van der Waals surface area contributed by atoms with Crippen LogP contribution in [0.1, 0.15) is 54.2 Å². The summed E-state index contributed by atoms with van der Waals surface area (Å²) in [4.78, 5) is 26.9. The fourth-order valence-corrected chi connectivity index (χ4v) is 3.96. The van der Waals surface area contributed by atoms with Crippen molar-refractivity contribution in [2.45, 2.75) is 45.4 Å². The molecule has 1 aliphatic rings. The van der Waals surface area contributed by atoms with E-state index in [2.05, 4.69) is 0 Å². The largest absolute Gasteiger partial charge is 0.496 e. The van der Waals surface area contributed by atoms with Gasteiger partial charge in [-0.1, -0.05) is 36.4 Å². The lowest BCUT2D eigenvalue weighted by molar-refractivity contribution is -0.0129. The van der Waals surface area contributed by atoms with Crippen LogP contribution >= 0.6 is 0 Å². The third-order valence-corrected chi connectivity index (χ3v) is 5.50. The van der Waals surface area contributed by atoms with E-state index >= 15 is 0 Å². The summed E-state index contributed by atoms with van der Waals surface area (Å²) >= 11 is 0. The van der Waals surface area contributed by atoms with Gasteiger partial charge in [-0.2, -0.15) is 0 Å². The lowest BCUT2D eigenvalue weighted by atomic mass is 9.92. The van der Waals surface area contributed by atoms with Crippen molar-refractivity contribution in [3.63, 3.8) is 0 Å². The topological polar surface area (TPSA) is 74.3 Å². The summed E-state index contributed by atoms with van der Waals surface area (Å²) < 4.78 is 22.2. The minimum atomic E-state index is -0.410. The molecular formula is C25H31NO6. The summed E-state index contributed by atoms with van der Waals surface area (Å²) in [6.07, 6.45) is 0.986. The summed E-state index contributed by atoms with van der Waals surface area (Å²) in [5.41, 5.74) is 2.14. The van der Waals surface area contributed by atoms with Gasteiger partial charge >= 0.3 is 12.1 Å². The Labute approximate surface area is 189 Å². The average molecular weight is 442 g/mol. The number of carbonyl (C=O) groups excluding carboxylic acids is 2. The third kappa shape index (κ3) is 5.79. The van der Waals surface area contributed by atoms with Crippen LogP contribution in [0.15, 0.2) is 48.5 Å². The molecule has 2 aromatic rings. The van der Waals surface area contributed by atoms with E-state index in [4.69, 9.17) is 18.9 Å². The molecule has 7 heteroatoms. The Morgan fingerprint density at radius 3 is 2.50 bits per heavy atom. The lowest BCUT2D eigenvalue weighted by Crippen LogP contribution is -2.43. The molecule has 0 saturated carbocycles. The number of likely N-dealkylation sites (tertiary alicyclic amines) is 1. The zero-order valence-electron chi connectivity index (χ0n) is 18.9. The molecule has 32 heavy (non-hydrogen) atoms. The molecule has 0 bridgehead atoms. The summed E-state index contributed by atoms with van der Waals surface area (Å²) in [7, 11) is 1.55. The normalized spacial score (nSPS) is 18.2. The Hall–Kier alpha value is -3.06. The van der Waals surface area contributed by atoms with Crippen LogP contribution in [-0.2, 0) is 20.8 Å². The zero-order chi connectivity index (χ0) is 22.9. The van der Waals surface area contributed by atoms with Gasteiger partial charge in [0.15, 0.2) is 0 Å². The molecule has 2 aromatic carbocycles. The third-order valence-electron chi connectivity index (χ3n) is 5.50. The molecule has 0 aromatic heterocycles. The molecule has 1 aliphatic heterocycles. The fraction of sp³-hybridized carbons (Fsp3) is 0.440. The van der Waals surface area contributed by atoms with Crippen molar-refractivity contribution in [2.24, 2.45) is 0 Å². The van der Waals surface area contributed by atoms with Crippen LogP contribution in [0.2, 0.25) is 0 Å². The van der Waals surface area contributed by atoms with Gasteiger partial charge in [0.25, 0.3) is 0 Å². The van der Waals surface area contributed by atoms with E-state index in [1.54, 1.807) is 31.1 Å². The van der Waals surface area contributed by atoms with Gasteiger partial charge in [0.1, 0.15) is 12.4 Å². The highest BCUT2D eigenvalue weighted by atomic mass is 16.6. The van der Waals surface area contributed by atoms with Crippen molar-refractivity contribution < 1.29 is 28.5 Å². The molecule has 0 aliphatic carbocycles. The summed E-state index contributed by atoms with van der Waals surface area (Å²) in [5, 5.41) is 0. The minimum absolute atomic E-state index is 0.0256. The second-order valence-corrected chi connectivity index (χ2v) is 7.53. The molecule has 7 nitrogen and oxygen atoms in total. The van der Waals surface area contributed by atoms with Gasteiger partial charge in [-0.15, -0.1) is 0 Å². The number of methoxy groups -OCH3 is 1. The van der Waals surface area contributed by atoms with E-state index in [-0.39, 0.29) is 24.8 Å². The standard InChI is InChI=1S/C25H31NO6/c1-4-30-20-13-14-26(25(28)32-17-18-9-7-6-8-10-18)22(16-20)21-12-11-19(15-23(21)29-3)24(27)31-5-2/h6-12,15,20,22H,4-5,13-14,16-17H2,1-3H3/t20?,22-/m0/s1. The zero-order valence-corrected chi connectivity index (χ0v) is 18.9. The molecule has 0 radical (unpaired) electrons. The maximum atomic E-state index is 13.0. The highest BCUT2D eigenvalue weighted by molar-refractivity contribution is 5.90. The molecule has 0 N–H and O–H groups in total. The van der Waals surface area contributed by atoms with Crippen molar-refractivity contribution in [3.8, 4) is 5.75 Å². The Balaban J connectivity index is 1.84. The number of esters is 1. The first-order valence-electron chi connectivity index (χ1n) is 11.0. The van der Waals surface area contributed by atoms with Crippen molar-refractivity contribution in [3.05, 3.63) is 65.2 Å². The van der Waals surface area contributed by atoms with E-state index in [1.165, 1.54) is 0 Å². The number of rotatable bonds is 8. The molecule has 3 rings (SSSR count). The van der Waals surface area contributed by atoms with Gasteiger partial charge in [-0.25, -0.2) is 9.59 Å². The Bertz CT molecular complexity index is 901. The smallest absolute Gasteiger partial charge is 0.410 e. The van der Waals surface area contributed by atoms with Gasteiger partial charge < -0.3 is 23.8 Å². The second kappa shape index (κ2) is 11.5. The molecule has 0 spiro atoms. The summed E-state index contributed by atoms with van der Waals surface area (Å²) in [6.45, 7) is 5.34. The Kier molecular flexibility index (Phi) is 8.50. The Morgan fingerprint density at radius 1 is 1.03 bits per heavy atom. The summed E-state index contributed by atoms with van der Waals surface area (Å²) in [6, 6.07) is 14.5. The monoisotopic (exact) mass is 441 g/mol. The maximum absolute atomic E-state index is 13.0. The molecule has 1 unspecified atom stereocenters. The molecular weight excluding hydrogens is 410 g/mol. The van der Waals surface area contributed by atoms with E-state index in [0.717, 1.165) is 17.5 Å². The van der Waals surface area contributed by atoms with E-state index in [0.29, 0.717) is 37.5 Å². The Morgan fingerprint density at radius 2 is 1.81 bits per heavy atom. The highest BCUT2D eigenvalue weighted by Gasteiger charge is 2.35. The summed E-state index contributed by atoms with van der Waals surface area (Å²) in [5.74, 6) is 0.117. The van der Waals surface area contributed by atoms with Gasteiger partial charge in [0.05, 0.1) is 31.4 Å². The molecule has 1 amide bonds. The van der Waals surface area contributed by atoms with Crippen molar-refractivity contribution in [1.82, 2.24) is 4.90 Å². The van der Waals surface area contributed by atoms with Crippen molar-refractivity contribution in [1.29, 1.82) is 0 Å². The highest BCUT2D eigenvalue weighted by Crippen LogP contribution is 2.38. The van der Waals surface area contributed by atoms with E-state index < -0.39 is 5.97 Å². The number of hydrogen-bond acceptors (Lipinski definition) is 6. The lowest BCUT2D eigenvalue weighted by Gasteiger charge is -2.39. The fourth-order valence-electron chi connectivity index (χ4n) is 3.96. The number of hydrogen-bond donors (Lipinski definition) is 0. The van der Waals surface area contributed by atoms with Crippen molar-refractivity contribution >= 4 is 12.1 Å². The van der Waals surface area contributed by atoms with Crippen LogP contribution in [0.5, 0.6) is 5.75 Å². The number of carbonyl (C=O) groups is 2. The SMILES string of the molecule is CCOC(=O)c1ccc([C@@H]2CC(OCC)CCN2C(=O)OCc2ccccc2)c(OC)c1. The molecule has 1 fully saturated rings. The molecule has 1 saturated heterocycles. The maximum Gasteiger partial charge on any atom is 0.410 e. The van der Waals surface area contributed by atoms with Crippen LogP contribution < -0.4 is 4.74 Å². The first-order chi connectivity index (χ1) is 15.6. The van der Waals surface area contributed by atoms with E-state index in [1.807, 2.05) is 43.3 Å². The second-order valence-electron chi connectivity index (χ2n) is 7.53. The first kappa shape index (κ1) is 23.6. The van der Waals surface area contributed by atoms with Crippen LogP contribution in [-0.4, -0.2) is 49.9 Å². The first-order valence-corrected chi connectivity index (χ1v) is 11.0. The minimum Gasteiger partial charge on any atom is -0.496 e. The number of nitrogens with zero attached hydrogens (tertiary/aromatic N) is 1. The van der Waals surface area contributed by atoms with Crippen LogP contribution in [0.25, 0.3) is 0 Å². The van der Waals surface area contributed by atoms with Crippen LogP contribution in [0, 0.1) is 0 Å². The van der Waals surface area contributed by atoms with Crippen LogP contribution in [0.3, 0.4) is 0 Å². The van der Waals surface area contributed by atoms with Crippen molar-refractivity contribution in [2.75, 3.05) is 26.9 Å². The molecule has 172 valence electrons. The predicted molar refractivity (Wildman–Crippen MR) is 120 cm³/mol. The molecule has 2 atom stereocenters. The van der Waals surface area contributed by atoms with E-state index in [9.17, 15) is 9.59 Å². The number of ether oxygens (including phenoxy) is 4. The number of benzene rings is 2. The number of amides is 1. The van der Waals surface area contributed by atoms with Gasteiger partial charge in [-0.3, -0.25) is 0 Å². The van der Waals surface area contributed by atoms with Gasteiger partial charge in [0, 0.05) is 18.7 Å². The number of piperidine rings is 1. The predicted octanol–water partition coefficient (Wildman–Crippen LogP) is 4.75. The molecule has 1 heterocycles. The average Bonchev–Trinajstić information content (AvgIpc) is 2.83.